The summed E-state index contributed by atoms with van der Waals surface area (Å²) in [6.45, 7) is 3.80. The molecular weight excluding hydrogens is 296 g/mol. The van der Waals surface area contributed by atoms with Gasteiger partial charge in [-0.2, -0.15) is 0 Å². The molecule has 0 aromatic heterocycles. The van der Waals surface area contributed by atoms with Gasteiger partial charge in [0.15, 0.2) is 0 Å². The second-order valence-corrected chi connectivity index (χ2v) is 5.60. The Bertz CT molecular complexity index is 431. The fraction of sp³-hybridized carbons (Fsp3) is 0.500. The molecule has 1 aromatic rings. The third-order valence-electron chi connectivity index (χ3n) is 3.15. The number of carboxylic acids is 1. The van der Waals surface area contributed by atoms with Crippen molar-refractivity contribution in [3.05, 3.63) is 28.2 Å². The van der Waals surface area contributed by atoms with E-state index in [1.807, 2.05) is 25.1 Å². The van der Waals surface area contributed by atoms with Crippen LogP contribution >= 0.6 is 15.9 Å². The molecule has 0 aliphatic rings. The lowest BCUT2D eigenvalue weighted by molar-refractivity contribution is -0.148. The van der Waals surface area contributed by atoms with Crippen LogP contribution < -0.4 is 4.74 Å². The molecule has 1 unspecified atom stereocenters. The number of aliphatic carboxylic acids is 1. The second kappa shape index (κ2) is 6.23. The zero-order chi connectivity index (χ0) is 13.8. The quantitative estimate of drug-likeness (QED) is 0.866. The Hall–Kier alpha value is -1.03. The Labute approximate surface area is 116 Å². The summed E-state index contributed by atoms with van der Waals surface area (Å²) in [5.74, 6) is -0.00323. The number of methoxy groups -OCH3 is 1. The number of ether oxygens (including phenoxy) is 1. The van der Waals surface area contributed by atoms with Crippen molar-refractivity contribution >= 4 is 21.9 Å². The van der Waals surface area contributed by atoms with E-state index in [4.69, 9.17) is 4.74 Å². The van der Waals surface area contributed by atoms with Crippen LogP contribution in [0.15, 0.2) is 22.7 Å². The Morgan fingerprint density at radius 2 is 2.17 bits per heavy atom. The molecule has 0 aliphatic carbocycles. The van der Waals surface area contributed by atoms with Crippen LogP contribution in [0.2, 0.25) is 0 Å². The lowest BCUT2D eigenvalue weighted by Crippen LogP contribution is -2.30. The third-order valence-corrected chi connectivity index (χ3v) is 3.93. The van der Waals surface area contributed by atoms with E-state index in [0.717, 1.165) is 22.2 Å². The summed E-state index contributed by atoms with van der Waals surface area (Å²) in [5.41, 5.74) is 0.233. The van der Waals surface area contributed by atoms with Crippen LogP contribution in [0.3, 0.4) is 0 Å². The van der Waals surface area contributed by atoms with Gasteiger partial charge in [-0.3, -0.25) is 4.79 Å². The molecule has 1 rings (SSSR count). The number of hydrogen-bond acceptors (Lipinski definition) is 2. The van der Waals surface area contributed by atoms with Crippen molar-refractivity contribution in [1.82, 2.24) is 0 Å². The van der Waals surface area contributed by atoms with Crippen LogP contribution in [-0.4, -0.2) is 18.2 Å². The van der Waals surface area contributed by atoms with Gasteiger partial charge in [-0.05, 0) is 43.5 Å². The predicted molar refractivity (Wildman–Crippen MR) is 75.0 cm³/mol. The first kappa shape index (κ1) is 15.0. The van der Waals surface area contributed by atoms with Crippen molar-refractivity contribution in [3.63, 3.8) is 0 Å². The molecule has 0 bridgehead atoms. The highest BCUT2D eigenvalue weighted by molar-refractivity contribution is 9.10. The number of halogens is 1. The van der Waals surface area contributed by atoms with Gasteiger partial charge in [0.2, 0.25) is 0 Å². The van der Waals surface area contributed by atoms with E-state index < -0.39 is 11.4 Å². The summed E-state index contributed by atoms with van der Waals surface area (Å²) in [6, 6.07) is 5.63. The molecule has 1 aromatic carbocycles. The average molecular weight is 315 g/mol. The maximum atomic E-state index is 11.4. The summed E-state index contributed by atoms with van der Waals surface area (Å²) in [6.07, 6.45) is 2.00. The molecular formula is C14H19BrO3. The van der Waals surface area contributed by atoms with Gasteiger partial charge in [0.05, 0.1) is 12.5 Å². The molecule has 18 heavy (non-hydrogen) atoms. The number of rotatable bonds is 6. The highest BCUT2D eigenvalue weighted by Gasteiger charge is 2.32. The average Bonchev–Trinajstić information content (AvgIpc) is 2.32. The van der Waals surface area contributed by atoms with Crippen molar-refractivity contribution in [1.29, 1.82) is 0 Å². The summed E-state index contributed by atoms with van der Waals surface area (Å²) in [4.78, 5) is 11.4. The Morgan fingerprint density at radius 1 is 1.50 bits per heavy atom. The normalized spacial score (nSPS) is 14.0. The molecule has 0 spiro atoms. The molecule has 0 saturated heterocycles. The van der Waals surface area contributed by atoms with Gasteiger partial charge in [0, 0.05) is 4.47 Å². The van der Waals surface area contributed by atoms with Gasteiger partial charge >= 0.3 is 5.97 Å². The minimum Gasteiger partial charge on any atom is -0.497 e. The van der Waals surface area contributed by atoms with E-state index >= 15 is 0 Å². The van der Waals surface area contributed by atoms with Gasteiger partial charge in [-0.15, -0.1) is 0 Å². The summed E-state index contributed by atoms with van der Waals surface area (Å²) in [5, 5.41) is 9.40. The monoisotopic (exact) mass is 314 g/mol. The molecule has 0 radical (unpaired) electrons. The number of hydrogen-bond donors (Lipinski definition) is 1. The van der Waals surface area contributed by atoms with E-state index in [1.165, 1.54) is 0 Å². The van der Waals surface area contributed by atoms with Crippen LogP contribution in [0, 0.1) is 5.41 Å². The molecule has 1 atom stereocenters. The van der Waals surface area contributed by atoms with Gasteiger partial charge in [0.1, 0.15) is 5.75 Å². The molecule has 1 N–H and O–H groups in total. The number of benzene rings is 1. The van der Waals surface area contributed by atoms with Crippen molar-refractivity contribution in [2.24, 2.45) is 5.41 Å². The van der Waals surface area contributed by atoms with Gasteiger partial charge in [-0.25, -0.2) is 0 Å². The smallest absolute Gasteiger partial charge is 0.309 e. The highest BCUT2D eigenvalue weighted by Crippen LogP contribution is 2.33. The first-order valence-corrected chi connectivity index (χ1v) is 6.78. The first-order valence-electron chi connectivity index (χ1n) is 5.98. The zero-order valence-corrected chi connectivity index (χ0v) is 12.6. The Balaban J connectivity index is 3.03. The molecule has 0 heterocycles. The summed E-state index contributed by atoms with van der Waals surface area (Å²) in [7, 11) is 1.61. The van der Waals surface area contributed by atoms with Crippen molar-refractivity contribution < 1.29 is 14.6 Å². The van der Waals surface area contributed by atoms with E-state index in [9.17, 15) is 9.90 Å². The van der Waals surface area contributed by atoms with Crippen molar-refractivity contribution in [3.8, 4) is 5.75 Å². The van der Waals surface area contributed by atoms with Gasteiger partial charge in [0.25, 0.3) is 0 Å². The van der Waals surface area contributed by atoms with Crippen LogP contribution in [-0.2, 0) is 11.2 Å². The maximum absolute atomic E-state index is 11.4. The molecule has 0 saturated carbocycles. The van der Waals surface area contributed by atoms with Crippen molar-refractivity contribution in [2.75, 3.05) is 7.11 Å². The van der Waals surface area contributed by atoms with Gasteiger partial charge < -0.3 is 9.84 Å². The molecule has 0 amide bonds. The van der Waals surface area contributed by atoms with Crippen molar-refractivity contribution in [2.45, 2.75) is 33.1 Å². The number of carboxylic acid groups (broad SMARTS) is 1. The van der Waals surface area contributed by atoms with Crippen LogP contribution in [0.1, 0.15) is 32.3 Å². The molecule has 4 heteroatoms. The lowest BCUT2D eigenvalue weighted by Gasteiger charge is -2.25. The van der Waals surface area contributed by atoms with E-state index in [0.29, 0.717) is 12.8 Å². The van der Waals surface area contributed by atoms with E-state index in [-0.39, 0.29) is 0 Å². The predicted octanol–water partition coefficient (Wildman–Crippen LogP) is 3.89. The zero-order valence-electron chi connectivity index (χ0n) is 11.0. The molecule has 0 fully saturated rings. The fourth-order valence-electron chi connectivity index (χ4n) is 2.06. The summed E-state index contributed by atoms with van der Waals surface area (Å²) >= 11 is 3.46. The third kappa shape index (κ3) is 3.48. The minimum atomic E-state index is -0.751. The maximum Gasteiger partial charge on any atom is 0.309 e. The fourth-order valence-corrected chi connectivity index (χ4v) is 2.44. The minimum absolute atomic E-state index is 0.494. The first-order chi connectivity index (χ1) is 8.42. The van der Waals surface area contributed by atoms with Crippen LogP contribution in [0.25, 0.3) is 0 Å². The SMILES string of the molecule is CCCC(C)(Cc1cc(OC)ccc1Br)C(=O)O. The largest absolute Gasteiger partial charge is 0.497 e. The Kier molecular flexibility index (Phi) is 5.20. The topological polar surface area (TPSA) is 46.5 Å². The van der Waals surface area contributed by atoms with E-state index in [2.05, 4.69) is 15.9 Å². The molecule has 0 aliphatic heterocycles. The lowest BCUT2D eigenvalue weighted by atomic mass is 9.80. The van der Waals surface area contributed by atoms with Crippen LogP contribution in [0.4, 0.5) is 0 Å². The van der Waals surface area contributed by atoms with Gasteiger partial charge in [-0.1, -0.05) is 29.3 Å². The molecule has 100 valence electrons. The highest BCUT2D eigenvalue weighted by atomic mass is 79.9. The van der Waals surface area contributed by atoms with E-state index in [1.54, 1.807) is 14.0 Å². The Morgan fingerprint density at radius 3 is 2.67 bits per heavy atom. The molecule has 3 nitrogen and oxygen atoms in total. The van der Waals surface area contributed by atoms with Crippen LogP contribution in [0.5, 0.6) is 5.75 Å². The second-order valence-electron chi connectivity index (χ2n) is 4.75. The standard InChI is InChI=1S/C14H19BrO3/c1-4-7-14(2,13(16)17)9-10-8-11(18-3)5-6-12(10)15/h5-6,8H,4,7,9H2,1-3H3,(H,16,17). The summed E-state index contributed by atoms with van der Waals surface area (Å²) < 4.78 is 6.10. The number of carbonyl (C=O) groups is 1.